The van der Waals surface area contributed by atoms with Gasteiger partial charge in [0.05, 0.1) is 6.61 Å². The third-order valence-electron chi connectivity index (χ3n) is 1.79. The standard InChI is InChI=1S/C9H18N2O2/c1-6-13-9(12)8(7(2)3)11(5)10-4/h7-8H,4,6H2,1-3,5H3. The number of carbonyl (C=O) groups is 1. The van der Waals surface area contributed by atoms with Gasteiger partial charge in [-0.25, -0.2) is 4.79 Å². The molecule has 0 radical (unpaired) electrons. The lowest BCUT2D eigenvalue weighted by molar-refractivity contribution is -0.150. The van der Waals surface area contributed by atoms with E-state index in [1.165, 1.54) is 5.01 Å². The van der Waals surface area contributed by atoms with Crippen LogP contribution in [0.3, 0.4) is 0 Å². The smallest absolute Gasteiger partial charge is 0.330 e. The number of hydrazone groups is 1. The van der Waals surface area contributed by atoms with Crippen molar-refractivity contribution in [1.82, 2.24) is 5.01 Å². The average molecular weight is 186 g/mol. The Morgan fingerprint density at radius 2 is 2.15 bits per heavy atom. The third kappa shape index (κ3) is 3.44. The monoisotopic (exact) mass is 186 g/mol. The Kier molecular flexibility index (Phi) is 5.11. The molecule has 0 amide bonds. The second kappa shape index (κ2) is 5.56. The minimum Gasteiger partial charge on any atom is -0.464 e. The Bertz CT molecular complexity index is 180. The summed E-state index contributed by atoms with van der Waals surface area (Å²) < 4.78 is 4.92. The van der Waals surface area contributed by atoms with Gasteiger partial charge in [0.2, 0.25) is 0 Å². The fourth-order valence-corrected chi connectivity index (χ4v) is 1.17. The normalized spacial score (nSPS) is 12.4. The van der Waals surface area contributed by atoms with Crippen LogP contribution in [-0.4, -0.2) is 37.4 Å². The number of rotatable bonds is 5. The van der Waals surface area contributed by atoms with Crippen molar-refractivity contribution >= 4 is 12.7 Å². The highest BCUT2D eigenvalue weighted by molar-refractivity contribution is 5.76. The number of hydrogen-bond acceptors (Lipinski definition) is 4. The summed E-state index contributed by atoms with van der Waals surface area (Å²) in [4.78, 5) is 11.4. The van der Waals surface area contributed by atoms with E-state index in [9.17, 15) is 4.79 Å². The Hall–Kier alpha value is -1.06. The molecule has 0 fully saturated rings. The molecular formula is C9H18N2O2. The van der Waals surface area contributed by atoms with Gasteiger partial charge in [0, 0.05) is 13.8 Å². The number of likely N-dealkylation sites (N-methyl/N-ethyl adjacent to an activating group) is 1. The third-order valence-corrected chi connectivity index (χ3v) is 1.79. The fourth-order valence-electron chi connectivity index (χ4n) is 1.17. The van der Waals surface area contributed by atoms with Crippen molar-refractivity contribution in [3.05, 3.63) is 0 Å². The average Bonchev–Trinajstić information content (AvgIpc) is 2.04. The minimum atomic E-state index is -0.336. The van der Waals surface area contributed by atoms with Crippen LogP contribution in [0.1, 0.15) is 20.8 Å². The molecule has 76 valence electrons. The SMILES string of the molecule is C=NN(C)C(C(=O)OCC)C(C)C. The molecule has 4 heteroatoms. The molecule has 0 aliphatic rings. The molecule has 13 heavy (non-hydrogen) atoms. The molecule has 0 bridgehead atoms. The highest BCUT2D eigenvalue weighted by Crippen LogP contribution is 2.10. The van der Waals surface area contributed by atoms with Crippen LogP contribution in [0.4, 0.5) is 0 Å². The highest BCUT2D eigenvalue weighted by Gasteiger charge is 2.26. The topological polar surface area (TPSA) is 41.9 Å². The predicted molar refractivity (Wildman–Crippen MR) is 52.6 cm³/mol. The van der Waals surface area contributed by atoms with Crippen LogP contribution < -0.4 is 0 Å². The van der Waals surface area contributed by atoms with Crippen molar-refractivity contribution in [2.75, 3.05) is 13.7 Å². The zero-order valence-corrected chi connectivity index (χ0v) is 8.78. The first-order chi connectivity index (χ1) is 6.04. The van der Waals surface area contributed by atoms with Crippen molar-refractivity contribution in [3.63, 3.8) is 0 Å². The van der Waals surface area contributed by atoms with Gasteiger partial charge in [0.1, 0.15) is 6.04 Å². The predicted octanol–water partition coefficient (Wildman–Crippen LogP) is 1.12. The van der Waals surface area contributed by atoms with E-state index in [2.05, 4.69) is 11.8 Å². The summed E-state index contributed by atoms with van der Waals surface area (Å²) in [5.74, 6) is -0.0815. The van der Waals surface area contributed by atoms with Gasteiger partial charge in [0.25, 0.3) is 0 Å². The lowest BCUT2D eigenvalue weighted by Gasteiger charge is -2.26. The molecule has 0 aromatic heterocycles. The van der Waals surface area contributed by atoms with E-state index in [0.717, 1.165) is 0 Å². The van der Waals surface area contributed by atoms with Crippen LogP contribution in [0.2, 0.25) is 0 Å². The quantitative estimate of drug-likeness (QED) is 0.367. The first-order valence-corrected chi connectivity index (χ1v) is 4.40. The van der Waals surface area contributed by atoms with Crippen molar-refractivity contribution < 1.29 is 9.53 Å². The van der Waals surface area contributed by atoms with Crippen LogP contribution >= 0.6 is 0 Å². The molecule has 0 heterocycles. The van der Waals surface area contributed by atoms with E-state index < -0.39 is 0 Å². The molecule has 0 rings (SSSR count). The second-order valence-corrected chi connectivity index (χ2v) is 3.16. The summed E-state index contributed by atoms with van der Waals surface area (Å²) in [6, 6.07) is -0.336. The van der Waals surface area contributed by atoms with Gasteiger partial charge in [-0.3, -0.25) is 5.01 Å². The highest BCUT2D eigenvalue weighted by atomic mass is 16.5. The lowest BCUT2D eigenvalue weighted by atomic mass is 10.0. The molecule has 4 nitrogen and oxygen atoms in total. The Morgan fingerprint density at radius 3 is 2.46 bits per heavy atom. The van der Waals surface area contributed by atoms with Crippen LogP contribution in [0.5, 0.6) is 0 Å². The van der Waals surface area contributed by atoms with Crippen molar-refractivity contribution in [2.24, 2.45) is 11.0 Å². The van der Waals surface area contributed by atoms with Crippen LogP contribution in [0, 0.1) is 5.92 Å². The lowest BCUT2D eigenvalue weighted by Crippen LogP contribution is -2.40. The molecule has 0 spiro atoms. The number of ether oxygens (including phenoxy) is 1. The Labute approximate surface area is 79.6 Å². The maximum atomic E-state index is 11.4. The molecule has 1 unspecified atom stereocenters. The molecule has 0 aromatic carbocycles. The maximum absolute atomic E-state index is 11.4. The number of esters is 1. The zero-order chi connectivity index (χ0) is 10.4. The van der Waals surface area contributed by atoms with Crippen LogP contribution in [0.25, 0.3) is 0 Å². The van der Waals surface area contributed by atoms with E-state index in [-0.39, 0.29) is 17.9 Å². The molecule has 1 atom stereocenters. The van der Waals surface area contributed by atoms with Crippen molar-refractivity contribution in [2.45, 2.75) is 26.8 Å². The van der Waals surface area contributed by atoms with Gasteiger partial charge in [-0.15, -0.1) is 0 Å². The molecule has 0 aromatic rings. The van der Waals surface area contributed by atoms with Gasteiger partial charge in [-0.1, -0.05) is 13.8 Å². The van der Waals surface area contributed by atoms with E-state index in [4.69, 9.17) is 4.74 Å². The molecule has 0 N–H and O–H groups in total. The maximum Gasteiger partial charge on any atom is 0.330 e. The summed E-state index contributed by atoms with van der Waals surface area (Å²) in [6.45, 7) is 9.45. The second-order valence-electron chi connectivity index (χ2n) is 3.16. The van der Waals surface area contributed by atoms with Gasteiger partial charge < -0.3 is 4.74 Å². The van der Waals surface area contributed by atoms with E-state index in [1.54, 1.807) is 14.0 Å². The van der Waals surface area contributed by atoms with E-state index >= 15 is 0 Å². The molecule has 0 aliphatic heterocycles. The van der Waals surface area contributed by atoms with Crippen LogP contribution in [0.15, 0.2) is 5.10 Å². The van der Waals surface area contributed by atoms with E-state index in [0.29, 0.717) is 6.61 Å². The molecule has 0 saturated carbocycles. The summed E-state index contributed by atoms with van der Waals surface area (Å²) >= 11 is 0. The summed E-state index contributed by atoms with van der Waals surface area (Å²) in [5.41, 5.74) is 0. The summed E-state index contributed by atoms with van der Waals surface area (Å²) in [5, 5.41) is 5.23. The van der Waals surface area contributed by atoms with Crippen LogP contribution in [-0.2, 0) is 9.53 Å². The van der Waals surface area contributed by atoms with Gasteiger partial charge in [-0.2, -0.15) is 5.10 Å². The van der Waals surface area contributed by atoms with Crippen molar-refractivity contribution in [3.8, 4) is 0 Å². The zero-order valence-electron chi connectivity index (χ0n) is 8.78. The van der Waals surface area contributed by atoms with Gasteiger partial charge in [0.15, 0.2) is 0 Å². The van der Waals surface area contributed by atoms with E-state index in [1.807, 2.05) is 13.8 Å². The van der Waals surface area contributed by atoms with Gasteiger partial charge in [-0.05, 0) is 12.8 Å². The number of nitrogens with zero attached hydrogens (tertiary/aromatic N) is 2. The van der Waals surface area contributed by atoms with Crippen molar-refractivity contribution in [1.29, 1.82) is 0 Å². The largest absolute Gasteiger partial charge is 0.464 e. The molecule has 0 saturated heterocycles. The number of hydrogen-bond donors (Lipinski definition) is 0. The summed E-state index contributed by atoms with van der Waals surface area (Å²) in [6.07, 6.45) is 0. The first-order valence-electron chi connectivity index (χ1n) is 4.40. The fraction of sp³-hybridized carbons (Fsp3) is 0.778. The van der Waals surface area contributed by atoms with Gasteiger partial charge >= 0.3 is 5.97 Å². The first kappa shape index (κ1) is 11.9. The minimum absolute atomic E-state index is 0.162. The molecule has 0 aliphatic carbocycles. The Balaban J connectivity index is 4.40. The Morgan fingerprint density at radius 1 is 1.62 bits per heavy atom. The molecular weight excluding hydrogens is 168 g/mol. The number of carbonyl (C=O) groups excluding carboxylic acids is 1. The summed E-state index contributed by atoms with van der Waals surface area (Å²) in [7, 11) is 1.72.